The van der Waals surface area contributed by atoms with Crippen LogP contribution in [0.1, 0.15) is 55.6 Å². The SMILES string of the molecule is CC1=CC2CC1C1C(=O)N(c3ccc(C(=O)OCc4ccc(C(C)(C)C)cc4)cc3)C(=O)C21. The van der Waals surface area contributed by atoms with Gasteiger partial charge in [0, 0.05) is 0 Å². The second-order valence-corrected chi connectivity index (χ2v) is 10.6. The van der Waals surface area contributed by atoms with E-state index in [0.717, 1.165) is 12.0 Å². The van der Waals surface area contributed by atoms with E-state index in [4.69, 9.17) is 4.74 Å². The van der Waals surface area contributed by atoms with Crippen molar-refractivity contribution in [2.75, 3.05) is 4.90 Å². The lowest BCUT2D eigenvalue weighted by Gasteiger charge is -2.19. The summed E-state index contributed by atoms with van der Waals surface area (Å²) in [6, 6.07) is 14.6. The molecule has 1 saturated carbocycles. The average Bonchev–Trinajstić information content (AvgIpc) is 3.42. The highest BCUT2D eigenvalue weighted by Gasteiger charge is 2.60. The Morgan fingerprint density at radius 3 is 2.24 bits per heavy atom. The van der Waals surface area contributed by atoms with E-state index in [2.05, 4.69) is 45.9 Å². The molecule has 5 nitrogen and oxygen atoms in total. The molecule has 1 heterocycles. The van der Waals surface area contributed by atoms with Crippen molar-refractivity contribution in [2.24, 2.45) is 23.7 Å². The Balaban J connectivity index is 1.24. The van der Waals surface area contributed by atoms with Gasteiger partial charge in [-0.3, -0.25) is 14.5 Å². The molecule has 1 aliphatic heterocycles. The zero-order valence-corrected chi connectivity index (χ0v) is 19.5. The lowest BCUT2D eigenvalue weighted by atomic mass is 9.82. The fourth-order valence-corrected chi connectivity index (χ4v) is 5.61. The standard InChI is InChI=1S/C28H29NO4/c1-16-13-19-14-22(16)24-23(19)25(30)29(26(24)31)21-11-7-18(8-12-21)27(32)33-15-17-5-9-20(10-6-17)28(2,3)4/h5-13,19,22-24H,14-15H2,1-4H3. The molecule has 2 fully saturated rings. The van der Waals surface area contributed by atoms with Gasteiger partial charge in [-0.25, -0.2) is 4.79 Å². The molecule has 0 spiro atoms. The van der Waals surface area contributed by atoms with Gasteiger partial charge in [0.2, 0.25) is 11.8 Å². The molecule has 5 heteroatoms. The topological polar surface area (TPSA) is 63.7 Å². The third-order valence-corrected chi connectivity index (χ3v) is 7.43. The molecule has 4 unspecified atom stereocenters. The maximum absolute atomic E-state index is 13.1. The molecule has 3 aliphatic rings. The first-order valence-corrected chi connectivity index (χ1v) is 11.6. The van der Waals surface area contributed by atoms with Gasteiger partial charge >= 0.3 is 5.97 Å². The summed E-state index contributed by atoms with van der Waals surface area (Å²) in [5.41, 5.74) is 4.36. The van der Waals surface area contributed by atoms with Crippen LogP contribution in [-0.2, 0) is 26.3 Å². The number of esters is 1. The van der Waals surface area contributed by atoms with Crippen LogP contribution < -0.4 is 4.90 Å². The molecule has 5 rings (SSSR count). The van der Waals surface area contributed by atoms with Crippen molar-refractivity contribution >= 4 is 23.5 Å². The maximum Gasteiger partial charge on any atom is 0.338 e. The van der Waals surface area contributed by atoms with Crippen LogP contribution in [0.15, 0.2) is 60.2 Å². The fourth-order valence-electron chi connectivity index (χ4n) is 5.61. The highest BCUT2D eigenvalue weighted by Crippen LogP contribution is 2.55. The van der Waals surface area contributed by atoms with Gasteiger partial charge in [-0.05, 0) is 66.0 Å². The quantitative estimate of drug-likeness (QED) is 0.377. The molecule has 2 bridgehead atoms. The molecular weight excluding hydrogens is 414 g/mol. The summed E-state index contributed by atoms with van der Waals surface area (Å²) in [5, 5.41) is 0. The van der Waals surface area contributed by atoms with Crippen LogP contribution in [-0.4, -0.2) is 17.8 Å². The molecule has 2 amide bonds. The van der Waals surface area contributed by atoms with Crippen LogP contribution >= 0.6 is 0 Å². The van der Waals surface area contributed by atoms with E-state index in [1.54, 1.807) is 24.3 Å². The average molecular weight is 444 g/mol. The van der Waals surface area contributed by atoms with E-state index < -0.39 is 5.97 Å². The summed E-state index contributed by atoms with van der Waals surface area (Å²) in [5.74, 6) is -0.770. The Labute approximate surface area is 194 Å². The van der Waals surface area contributed by atoms with Crippen LogP contribution in [0.2, 0.25) is 0 Å². The molecule has 0 radical (unpaired) electrons. The fraction of sp³-hybridized carbons (Fsp3) is 0.393. The summed E-state index contributed by atoms with van der Waals surface area (Å²) in [6.07, 6.45) is 3.08. The number of allylic oxidation sites excluding steroid dienone is 2. The molecule has 2 aromatic rings. The second-order valence-electron chi connectivity index (χ2n) is 10.6. The number of fused-ring (bicyclic) bond motifs is 5. The van der Waals surface area contributed by atoms with E-state index >= 15 is 0 Å². The van der Waals surface area contributed by atoms with Gasteiger partial charge < -0.3 is 4.74 Å². The molecule has 2 aromatic carbocycles. The summed E-state index contributed by atoms with van der Waals surface area (Å²) >= 11 is 0. The van der Waals surface area contributed by atoms with E-state index in [1.165, 1.54) is 16.0 Å². The van der Waals surface area contributed by atoms with Crippen LogP contribution in [0.5, 0.6) is 0 Å². The van der Waals surface area contributed by atoms with E-state index in [-0.39, 0.29) is 47.5 Å². The minimum absolute atomic E-state index is 0.0720. The van der Waals surface area contributed by atoms with Crippen molar-refractivity contribution in [3.05, 3.63) is 76.9 Å². The smallest absolute Gasteiger partial charge is 0.338 e. The number of benzene rings is 2. The number of ether oxygens (including phenoxy) is 1. The Bertz CT molecular complexity index is 1150. The molecule has 1 saturated heterocycles. The minimum Gasteiger partial charge on any atom is -0.457 e. The number of hydrogen-bond donors (Lipinski definition) is 0. The third-order valence-electron chi connectivity index (χ3n) is 7.43. The van der Waals surface area contributed by atoms with Crippen molar-refractivity contribution in [3.63, 3.8) is 0 Å². The lowest BCUT2D eigenvalue weighted by Crippen LogP contribution is -2.32. The summed E-state index contributed by atoms with van der Waals surface area (Å²) in [6.45, 7) is 8.71. The zero-order valence-electron chi connectivity index (χ0n) is 19.5. The van der Waals surface area contributed by atoms with E-state index in [1.807, 2.05) is 12.1 Å². The van der Waals surface area contributed by atoms with Gasteiger partial charge in [0.25, 0.3) is 0 Å². The van der Waals surface area contributed by atoms with E-state index in [9.17, 15) is 14.4 Å². The zero-order chi connectivity index (χ0) is 23.5. The number of nitrogens with zero attached hydrogens (tertiary/aromatic N) is 1. The summed E-state index contributed by atoms with van der Waals surface area (Å²) in [4.78, 5) is 40.0. The van der Waals surface area contributed by atoms with E-state index in [0.29, 0.717) is 11.3 Å². The van der Waals surface area contributed by atoms with Gasteiger partial charge in [-0.1, -0.05) is 56.7 Å². The number of rotatable bonds is 4. The number of imide groups is 1. The Morgan fingerprint density at radius 1 is 0.970 bits per heavy atom. The normalized spacial score (nSPS) is 25.9. The number of carbonyl (C=O) groups excluding carboxylic acids is 3. The minimum atomic E-state index is -0.435. The van der Waals surface area contributed by atoms with Gasteiger partial charge in [0.1, 0.15) is 6.61 Å². The third kappa shape index (κ3) is 3.60. The first-order valence-electron chi connectivity index (χ1n) is 11.6. The Hall–Kier alpha value is -3.21. The predicted octanol–water partition coefficient (Wildman–Crippen LogP) is 5.04. The number of carbonyl (C=O) groups is 3. The van der Waals surface area contributed by atoms with Gasteiger partial charge in [0.15, 0.2) is 0 Å². The van der Waals surface area contributed by atoms with Crippen LogP contribution in [0, 0.1) is 23.7 Å². The van der Waals surface area contributed by atoms with Crippen molar-refractivity contribution in [3.8, 4) is 0 Å². The molecule has 0 aromatic heterocycles. The highest BCUT2D eigenvalue weighted by atomic mass is 16.5. The second kappa shape index (κ2) is 7.68. The molecule has 4 atom stereocenters. The Morgan fingerprint density at radius 2 is 1.61 bits per heavy atom. The maximum atomic E-state index is 13.1. The van der Waals surface area contributed by atoms with Crippen LogP contribution in [0.4, 0.5) is 5.69 Å². The Kier molecular flexibility index (Phi) is 5.04. The van der Waals surface area contributed by atoms with Crippen molar-refractivity contribution in [1.82, 2.24) is 0 Å². The summed E-state index contributed by atoms with van der Waals surface area (Å²) < 4.78 is 5.46. The monoisotopic (exact) mass is 443 g/mol. The van der Waals surface area contributed by atoms with Gasteiger partial charge in [-0.2, -0.15) is 0 Å². The van der Waals surface area contributed by atoms with Crippen LogP contribution in [0.25, 0.3) is 0 Å². The molecule has 2 aliphatic carbocycles. The van der Waals surface area contributed by atoms with Crippen molar-refractivity contribution in [2.45, 2.75) is 46.1 Å². The lowest BCUT2D eigenvalue weighted by molar-refractivity contribution is -0.123. The molecule has 170 valence electrons. The largest absolute Gasteiger partial charge is 0.457 e. The van der Waals surface area contributed by atoms with Gasteiger partial charge in [0.05, 0.1) is 23.1 Å². The first kappa shape index (κ1) is 21.6. The number of amides is 2. The van der Waals surface area contributed by atoms with Crippen molar-refractivity contribution in [1.29, 1.82) is 0 Å². The number of hydrogen-bond acceptors (Lipinski definition) is 4. The van der Waals surface area contributed by atoms with Crippen molar-refractivity contribution < 1.29 is 19.1 Å². The molecular formula is C28H29NO4. The first-order chi connectivity index (χ1) is 15.6. The predicted molar refractivity (Wildman–Crippen MR) is 126 cm³/mol. The molecule has 33 heavy (non-hydrogen) atoms. The molecule has 0 N–H and O–H groups in total. The van der Waals surface area contributed by atoms with Crippen LogP contribution in [0.3, 0.4) is 0 Å². The number of anilines is 1. The summed E-state index contributed by atoms with van der Waals surface area (Å²) in [7, 11) is 0. The van der Waals surface area contributed by atoms with Gasteiger partial charge in [-0.15, -0.1) is 0 Å². The highest BCUT2D eigenvalue weighted by molar-refractivity contribution is 6.23.